The molecule has 25 heavy (non-hydrogen) atoms. The molecule has 0 unspecified atom stereocenters. The number of nitrogens with one attached hydrogen (secondary N) is 1. The quantitative estimate of drug-likeness (QED) is 0.365. The summed E-state index contributed by atoms with van der Waals surface area (Å²) in [7, 11) is 0. The van der Waals surface area contributed by atoms with Crippen molar-refractivity contribution in [1.29, 1.82) is 0 Å². The molecule has 0 aliphatic rings. The minimum Gasteiger partial charge on any atom is -0.462 e. The van der Waals surface area contributed by atoms with E-state index in [-0.39, 0.29) is 29.1 Å². The highest BCUT2D eigenvalue weighted by molar-refractivity contribution is 7.98. The predicted octanol–water partition coefficient (Wildman–Crippen LogP) is 3.75. The molecule has 1 N–H and O–H groups in total. The van der Waals surface area contributed by atoms with Crippen LogP contribution < -0.4 is 5.32 Å². The number of esters is 1. The fourth-order valence-corrected chi connectivity index (χ4v) is 2.59. The minimum atomic E-state index is -0.667. The first-order valence-corrected chi connectivity index (χ1v) is 8.60. The first-order valence-electron chi connectivity index (χ1n) is 7.37. The molecule has 0 fully saturated rings. The summed E-state index contributed by atoms with van der Waals surface area (Å²) in [5, 5.41) is 13.7. The van der Waals surface area contributed by atoms with E-state index >= 15 is 0 Å². The van der Waals surface area contributed by atoms with E-state index in [1.54, 1.807) is 31.4 Å². The molecular formula is C17H16N2O5S. The molecule has 0 aliphatic carbocycles. The van der Waals surface area contributed by atoms with E-state index in [0.717, 1.165) is 4.90 Å². The maximum atomic E-state index is 12.6. The summed E-state index contributed by atoms with van der Waals surface area (Å²) in [6.07, 6.45) is 1.80. The van der Waals surface area contributed by atoms with Crippen molar-refractivity contribution < 1.29 is 19.2 Å². The van der Waals surface area contributed by atoms with Crippen LogP contribution in [-0.2, 0) is 4.74 Å². The van der Waals surface area contributed by atoms with Gasteiger partial charge in [-0.1, -0.05) is 12.1 Å². The van der Waals surface area contributed by atoms with Gasteiger partial charge < -0.3 is 10.1 Å². The zero-order chi connectivity index (χ0) is 18.4. The highest BCUT2D eigenvalue weighted by Crippen LogP contribution is 2.26. The molecule has 2 aromatic rings. The zero-order valence-corrected chi connectivity index (χ0v) is 14.5. The number of rotatable bonds is 6. The second-order valence-corrected chi connectivity index (χ2v) is 5.74. The molecule has 0 spiro atoms. The van der Waals surface area contributed by atoms with Crippen LogP contribution in [0.5, 0.6) is 0 Å². The van der Waals surface area contributed by atoms with Gasteiger partial charge in [0.2, 0.25) is 0 Å². The van der Waals surface area contributed by atoms with Crippen molar-refractivity contribution in [3.8, 4) is 0 Å². The lowest BCUT2D eigenvalue weighted by Gasteiger charge is -2.11. The summed E-state index contributed by atoms with van der Waals surface area (Å²) in [6.45, 7) is 1.87. The number of ether oxygens (including phenoxy) is 1. The van der Waals surface area contributed by atoms with Crippen LogP contribution in [0.4, 0.5) is 11.4 Å². The van der Waals surface area contributed by atoms with Gasteiger partial charge in [-0.25, -0.2) is 4.79 Å². The van der Waals surface area contributed by atoms with Crippen LogP contribution in [0.15, 0.2) is 47.4 Å². The van der Waals surface area contributed by atoms with Crippen molar-refractivity contribution in [2.75, 3.05) is 18.2 Å². The highest BCUT2D eigenvalue weighted by Gasteiger charge is 2.22. The number of benzene rings is 2. The third kappa shape index (κ3) is 4.36. The van der Waals surface area contributed by atoms with Crippen molar-refractivity contribution in [1.82, 2.24) is 0 Å². The van der Waals surface area contributed by atoms with E-state index in [2.05, 4.69) is 5.32 Å². The monoisotopic (exact) mass is 360 g/mol. The first kappa shape index (κ1) is 18.5. The Morgan fingerprint density at radius 2 is 1.92 bits per heavy atom. The van der Waals surface area contributed by atoms with Crippen molar-refractivity contribution >= 4 is 35.0 Å². The van der Waals surface area contributed by atoms with Gasteiger partial charge in [0.15, 0.2) is 0 Å². The van der Waals surface area contributed by atoms with Crippen LogP contribution in [-0.4, -0.2) is 29.7 Å². The van der Waals surface area contributed by atoms with E-state index in [0.29, 0.717) is 0 Å². The van der Waals surface area contributed by atoms with Crippen LogP contribution in [0.1, 0.15) is 27.6 Å². The van der Waals surface area contributed by atoms with E-state index in [1.165, 1.54) is 36.0 Å². The normalized spacial score (nSPS) is 10.2. The molecule has 8 heteroatoms. The summed E-state index contributed by atoms with van der Waals surface area (Å²) in [4.78, 5) is 35.8. The molecule has 0 radical (unpaired) electrons. The number of amides is 1. The Bertz CT molecular complexity index is 822. The molecule has 1 amide bonds. The molecule has 2 rings (SSSR count). The lowest BCUT2D eigenvalue weighted by Crippen LogP contribution is -2.17. The summed E-state index contributed by atoms with van der Waals surface area (Å²) in [5.74, 6) is -1.25. The fraction of sp³-hybridized carbons (Fsp3) is 0.176. The van der Waals surface area contributed by atoms with Crippen LogP contribution >= 0.6 is 11.8 Å². The van der Waals surface area contributed by atoms with Gasteiger partial charge in [0.1, 0.15) is 5.56 Å². The van der Waals surface area contributed by atoms with Crippen molar-refractivity contribution in [2.24, 2.45) is 0 Å². The van der Waals surface area contributed by atoms with Crippen LogP contribution in [0, 0.1) is 10.1 Å². The first-order chi connectivity index (χ1) is 12.0. The highest BCUT2D eigenvalue weighted by atomic mass is 32.2. The number of carbonyl (C=O) groups excluding carboxylic acids is 2. The zero-order valence-electron chi connectivity index (χ0n) is 13.6. The predicted molar refractivity (Wildman–Crippen MR) is 95.2 cm³/mol. The molecular weight excluding hydrogens is 344 g/mol. The summed E-state index contributed by atoms with van der Waals surface area (Å²) in [5.41, 5.74) is 0.0376. The lowest BCUT2D eigenvalue weighted by atomic mass is 10.1. The molecule has 2 aromatic carbocycles. The number of nitrogens with zero attached hydrogens (tertiary/aromatic N) is 1. The lowest BCUT2D eigenvalue weighted by molar-refractivity contribution is -0.385. The summed E-state index contributed by atoms with van der Waals surface area (Å²) < 4.78 is 4.95. The third-order valence-corrected chi connectivity index (χ3v) is 4.04. The Balaban J connectivity index is 2.38. The fourth-order valence-electron chi connectivity index (χ4n) is 2.15. The van der Waals surface area contributed by atoms with E-state index in [9.17, 15) is 19.7 Å². The van der Waals surface area contributed by atoms with Gasteiger partial charge in [-0.15, -0.1) is 11.8 Å². The third-order valence-electron chi connectivity index (χ3n) is 3.32. The van der Waals surface area contributed by atoms with E-state index in [4.69, 9.17) is 4.74 Å². The second-order valence-electron chi connectivity index (χ2n) is 4.86. The average molecular weight is 360 g/mol. The number of carbonyl (C=O) groups is 2. The van der Waals surface area contributed by atoms with Crippen LogP contribution in [0.25, 0.3) is 0 Å². The van der Waals surface area contributed by atoms with Gasteiger partial charge in [0, 0.05) is 11.0 Å². The van der Waals surface area contributed by atoms with Gasteiger partial charge in [-0.05, 0) is 37.4 Å². The Hall–Kier alpha value is -2.87. The number of nitro benzene ring substituents is 1. The summed E-state index contributed by atoms with van der Waals surface area (Å²) >= 11 is 1.37. The summed E-state index contributed by atoms with van der Waals surface area (Å²) in [6, 6.07) is 10.6. The smallest absolute Gasteiger partial charge is 0.340 e. The number of hydrogen-bond acceptors (Lipinski definition) is 6. The number of para-hydroxylation sites is 1. The number of anilines is 1. The van der Waals surface area contributed by atoms with Gasteiger partial charge >= 0.3 is 5.97 Å². The Morgan fingerprint density at radius 3 is 2.56 bits per heavy atom. The van der Waals surface area contributed by atoms with Crippen molar-refractivity contribution in [3.05, 3.63) is 63.7 Å². The van der Waals surface area contributed by atoms with Gasteiger partial charge in [0.25, 0.3) is 11.6 Å². The molecule has 0 aliphatic heterocycles. The largest absolute Gasteiger partial charge is 0.462 e. The van der Waals surface area contributed by atoms with Crippen LogP contribution in [0.3, 0.4) is 0 Å². The van der Waals surface area contributed by atoms with Crippen molar-refractivity contribution in [2.45, 2.75) is 11.8 Å². The number of thioether (sulfide) groups is 1. The topological polar surface area (TPSA) is 98.5 Å². The molecule has 0 saturated carbocycles. The Kier molecular flexibility index (Phi) is 6.13. The van der Waals surface area contributed by atoms with Gasteiger partial charge in [0.05, 0.1) is 22.8 Å². The van der Waals surface area contributed by atoms with E-state index < -0.39 is 16.8 Å². The van der Waals surface area contributed by atoms with Crippen LogP contribution in [0.2, 0.25) is 0 Å². The van der Waals surface area contributed by atoms with Gasteiger partial charge in [-0.2, -0.15) is 0 Å². The Morgan fingerprint density at radius 1 is 1.20 bits per heavy atom. The minimum absolute atomic E-state index is 0.0736. The average Bonchev–Trinajstić information content (AvgIpc) is 2.61. The van der Waals surface area contributed by atoms with E-state index in [1.807, 2.05) is 0 Å². The number of hydrogen-bond donors (Lipinski definition) is 1. The van der Waals surface area contributed by atoms with Crippen molar-refractivity contribution in [3.63, 3.8) is 0 Å². The molecule has 0 heterocycles. The molecule has 0 atom stereocenters. The standard InChI is InChI=1S/C17H16N2O5S/c1-3-24-17(21)12-6-4-5-7-14(12)18-16(20)13-10-11(25-2)8-9-15(13)19(22)23/h4-10H,3H2,1-2H3,(H,18,20). The molecule has 130 valence electrons. The maximum Gasteiger partial charge on any atom is 0.340 e. The maximum absolute atomic E-state index is 12.6. The Labute approximate surface area is 148 Å². The SMILES string of the molecule is CCOC(=O)c1ccccc1NC(=O)c1cc(SC)ccc1[N+](=O)[O-]. The number of nitro groups is 1. The molecule has 0 saturated heterocycles. The molecule has 7 nitrogen and oxygen atoms in total. The molecule has 0 aromatic heterocycles. The van der Waals surface area contributed by atoms with Gasteiger partial charge in [-0.3, -0.25) is 14.9 Å². The molecule has 0 bridgehead atoms. The second kappa shape index (κ2) is 8.29.